The van der Waals surface area contributed by atoms with Gasteiger partial charge in [0.15, 0.2) is 0 Å². The van der Waals surface area contributed by atoms with Crippen molar-refractivity contribution < 1.29 is 0 Å². The number of hydrogen-bond donors (Lipinski definition) is 0. The first-order chi connectivity index (χ1) is 7.20. The quantitative estimate of drug-likeness (QED) is 0.782. The van der Waals surface area contributed by atoms with Gasteiger partial charge in [0.2, 0.25) is 0 Å². The Morgan fingerprint density at radius 1 is 1.27 bits per heavy atom. The van der Waals surface area contributed by atoms with Gasteiger partial charge in [0, 0.05) is 5.33 Å². The van der Waals surface area contributed by atoms with Gasteiger partial charge in [0.1, 0.15) is 0 Å². The standard InChI is InChI=1S/C11H12BrN3/c1-8-3-4-11(5-9(8)2)15-7-10(6-12)13-14-15/h3-5,7H,6H2,1-2H3. The Bertz CT molecular complexity index is 476. The van der Waals surface area contributed by atoms with Crippen LogP contribution in [0.3, 0.4) is 0 Å². The summed E-state index contributed by atoms with van der Waals surface area (Å²) in [6.07, 6.45) is 1.93. The molecule has 3 nitrogen and oxygen atoms in total. The van der Waals surface area contributed by atoms with Crippen molar-refractivity contribution in [3.05, 3.63) is 41.2 Å². The number of aromatic nitrogens is 3. The number of rotatable bonds is 2. The summed E-state index contributed by atoms with van der Waals surface area (Å²) in [6.45, 7) is 4.20. The van der Waals surface area contributed by atoms with E-state index < -0.39 is 0 Å². The van der Waals surface area contributed by atoms with Gasteiger partial charge in [0.25, 0.3) is 0 Å². The highest BCUT2D eigenvalue weighted by Gasteiger charge is 2.02. The van der Waals surface area contributed by atoms with Gasteiger partial charge in [-0.3, -0.25) is 0 Å². The van der Waals surface area contributed by atoms with Crippen molar-refractivity contribution in [1.29, 1.82) is 0 Å². The highest BCUT2D eigenvalue weighted by molar-refractivity contribution is 9.08. The highest BCUT2D eigenvalue weighted by Crippen LogP contribution is 2.13. The molecule has 0 atom stereocenters. The van der Waals surface area contributed by atoms with E-state index in [-0.39, 0.29) is 0 Å². The van der Waals surface area contributed by atoms with E-state index in [0.29, 0.717) is 0 Å². The summed E-state index contributed by atoms with van der Waals surface area (Å²) in [4.78, 5) is 0. The Balaban J connectivity index is 2.40. The zero-order chi connectivity index (χ0) is 10.8. The molecule has 2 aromatic rings. The van der Waals surface area contributed by atoms with Crippen molar-refractivity contribution in [2.24, 2.45) is 0 Å². The average molecular weight is 266 g/mol. The van der Waals surface area contributed by atoms with Crippen LogP contribution in [0.15, 0.2) is 24.4 Å². The maximum absolute atomic E-state index is 4.06. The average Bonchev–Trinajstić information content (AvgIpc) is 2.70. The van der Waals surface area contributed by atoms with E-state index in [2.05, 4.69) is 58.3 Å². The van der Waals surface area contributed by atoms with Crippen LogP contribution >= 0.6 is 15.9 Å². The first-order valence-electron chi connectivity index (χ1n) is 4.75. The zero-order valence-corrected chi connectivity index (χ0v) is 10.3. The molecule has 2 rings (SSSR count). The molecule has 0 fully saturated rings. The largest absolute Gasteiger partial charge is 0.220 e. The maximum Gasteiger partial charge on any atom is 0.0937 e. The second-order valence-corrected chi connectivity index (χ2v) is 4.12. The lowest BCUT2D eigenvalue weighted by Gasteiger charge is -2.03. The third-order valence-corrected chi connectivity index (χ3v) is 3.01. The molecule has 4 heteroatoms. The number of aryl methyl sites for hydroxylation is 2. The number of benzene rings is 1. The van der Waals surface area contributed by atoms with Crippen LogP contribution in [0.1, 0.15) is 16.8 Å². The fourth-order valence-corrected chi connectivity index (χ4v) is 1.61. The predicted molar refractivity (Wildman–Crippen MR) is 63.5 cm³/mol. The summed E-state index contributed by atoms with van der Waals surface area (Å²) >= 11 is 3.35. The molecule has 1 heterocycles. The topological polar surface area (TPSA) is 30.7 Å². The van der Waals surface area contributed by atoms with Gasteiger partial charge in [-0.2, -0.15) is 0 Å². The first-order valence-corrected chi connectivity index (χ1v) is 5.87. The van der Waals surface area contributed by atoms with E-state index in [0.717, 1.165) is 16.7 Å². The Labute approximate surface area is 97.2 Å². The zero-order valence-electron chi connectivity index (χ0n) is 8.74. The minimum absolute atomic E-state index is 0.734. The monoisotopic (exact) mass is 265 g/mol. The van der Waals surface area contributed by atoms with E-state index in [4.69, 9.17) is 0 Å². The third-order valence-electron chi connectivity index (χ3n) is 2.43. The van der Waals surface area contributed by atoms with Crippen LogP contribution in [0.25, 0.3) is 5.69 Å². The lowest BCUT2D eigenvalue weighted by molar-refractivity contribution is 0.799. The van der Waals surface area contributed by atoms with Crippen molar-refractivity contribution in [2.45, 2.75) is 19.2 Å². The summed E-state index contributed by atoms with van der Waals surface area (Å²) in [5.41, 5.74) is 4.55. The molecule has 1 aromatic heterocycles. The van der Waals surface area contributed by atoms with Gasteiger partial charge in [-0.15, -0.1) is 5.10 Å². The fraction of sp³-hybridized carbons (Fsp3) is 0.273. The van der Waals surface area contributed by atoms with E-state index in [9.17, 15) is 0 Å². The van der Waals surface area contributed by atoms with E-state index in [1.165, 1.54) is 11.1 Å². The van der Waals surface area contributed by atoms with Gasteiger partial charge >= 0.3 is 0 Å². The number of alkyl halides is 1. The molecule has 0 bridgehead atoms. The summed E-state index contributed by atoms with van der Waals surface area (Å²) < 4.78 is 1.79. The maximum atomic E-state index is 4.06. The minimum Gasteiger partial charge on any atom is -0.220 e. The van der Waals surface area contributed by atoms with Crippen molar-refractivity contribution in [2.75, 3.05) is 0 Å². The molecule has 0 aliphatic rings. The molecule has 0 saturated carbocycles. The van der Waals surface area contributed by atoms with Crippen LogP contribution in [-0.4, -0.2) is 15.0 Å². The smallest absolute Gasteiger partial charge is 0.0937 e. The second kappa shape index (κ2) is 4.14. The first kappa shape index (κ1) is 10.4. The Kier molecular flexibility index (Phi) is 2.86. The van der Waals surface area contributed by atoms with Gasteiger partial charge in [0.05, 0.1) is 17.6 Å². The normalized spacial score (nSPS) is 10.6. The summed E-state index contributed by atoms with van der Waals surface area (Å²) in [6, 6.07) is 6.26. The molecule has 1 aromatic carbocycles. The van der Waals surface area contributed by atoms with Gasteiger partial charge in [-0.25, -0.2) is 4.68 Å². The van der Waals surface area contributed by atoms with E-state index in [1.807, 2.05) is 6.20 Å². The van der Waals surface area contributed by atoms with Crippen LogP contribution in [0.2, 0.25) is 0 Å². The number of halogens is 1. The second-order valence-electron chi connectivity index (χ2n) is 3.56. The van der Waals surface area contributed by atoms with Crippen molar-refractivity contribution in [3.8, 4) is 5.69 Å². The molecule has 0 unspecified atom stereocenters. The lowest BCUT2D eigenvalue weighted by Crippen LogP contribution is -1.96. The Morgan fingerprint density at radius 2 is 2.07 bits per heavy atom. The van der Waals surface area contributed by atoms with Crippen molar-refractivity contribution in [3.63, 3.8) is 0 Å². The molecule has 0 aliphatic carbocycles. The summed E-state index contributed by atoms with van der Waals surface area (Å²) in [5.74, 6) is 0. The molecule has 0 amide bonds. The molecule has 0 radical (unpaired) electrons. The number of nitrogens with zero attached hydrogens (tertiary/aromatic N) is 3. The Morgan fingerprint density at radius 3 is 2.67 bits per heavy atom. The predicted octanol–water partition coefficient (Wildman–Crippen LogP) is 2.78. The molecule has 0 spiro atoms. The molecule has 0 N–H and O–H groups in total. The van der Waals surface area contributed by atoms with E-state index in [1.54, 1.807) is 4.68 Å². The summed E-state index contributed by atoms with van der Waals surface area (Å²) in [7, 11) is 0. The van der Waals surface area contributed by atoms with Gasteiger partial charge in [-0.1, -0.05) is 27.2 Å². The highest BCUT2D eigenvalue weighted by atomic mass is 79.9. The molecular formula is C11H12BrN3. The van der Waals surface area contributed by atoms with Crippen LogP contribution in [-0.2, 0) is 5.33 Å². The van der Waals surface area contributed by atoms with Crippen LogP contribution < -0.4 is 0 Å². The van der Waals surface area contributed by atoms with Gasteiger partial charge < -0.3 is 0 Å². The third kappa shape index (κ3) is 2.09. The Hall–Kier alpha value is -1.16. The minimum atomic E-state index is 0.734. The lowest BCUT2D eigenvalue weighted by atomic mass is 10.1. The van der Waals surface area contributed by atoms with Crippen LogP contribution in [0.4, 0.5) is 0 Å². The number of hydrogen-bond acceptors (Lipinski definition) is 2. The molecule has 0 saturated heterocycles. The van der Waals surface area contributed by atoms with Crippen LogP contribution in [0, 0.1) is 13.8 Å². The van der Waals surface area contributed by atoms with E-state index >= 15 is 0 Å². The fourth-order valence-electron chi connectivity index (χ4n) is 1.35. The SMILES string of the molecule is Cc1ccc(-n2cc(CBr)nn2)cc1C. The van der Waals surface area contributed by atoms with Crippen LogP contribution in [0.5, 0.6) is 0 Å². The molecular weight excluding hydrogens is 254 g/mol. The molecule has 78 valence electrons. The molecule has 0 aliphatic heterocycles. The van der Waals surface area contributed by atoms with Crippen molar-refractivity contribution in [1.82, 2.24) is 15.0 Å². The van der Waals surface area contributed by atoms with Crippen molar-refractivity contribution >= 4 is 15.9 Å². The molecule has 15 heavy (non-hydrogen) atoms. The van der Waals surface area contributed by atoms with Gasteiger partial charge in [-0.05, 0) is 37.1 Å². The summed E-state index contributed by atoms with van der Waals surface area (Å²) in [5, 5.41) is 8.83.